The van der Waals surface area contributed by atoms with Crippen molar-refractivity contribution in [3.05, 3.63) is 0 Å². The number of carbonyl (C=O) groups is 2. The summed E-state index contributed by atoms with van der Waals surface area (Å²) in [6, 6.07) is 0. The maximum absolute atomic E-state index is 11.4. The standard InChI is InChI=1S/C20H40N2O6S/c1-18(2)20(24)22-10-6-4-8-12-26-14-16-27-15-13-25-11-7-3-5-9-21-19(23)17-28-29/h18,29H,3-17H2,1-2H3,(H,21,23)(H,22,24). The number of hydrogen-bond donors (Lipinski definition) is 3. The van der Waals surface area contributed by atoms with Gasteiger partial charge in [0.05, 0.1) is 26.4 Å². The first-order valence-corrected chi connectivity index (χ1v) is 11.0. The van der Waals surface area contributed by atoms with Crippen LogP contribution in [0.1, 0.15) is 52.4 Å². The van der Waals surface area contributed by atoms with Gasteiger partial charge >= 0.3 is 0 Å². The molecule has 0 aliphatic carbocycles. The molecule has 0 aromatic rings. The average Bonchev–Trinajstić information content (AvgIpc) is 2.69. The van der Waals surface area contributed by atoms with Crippen LogP contribution in [0.3, 0.4) is 0 Å². The summed E-state index contributed by atoms with van der Waals surface area (Å²) in [6.45, 7) is 8.89. The van der Waals surface area contributed by atoms with E-state index in [9.17, 15) is 9.59 Å². The molecule has 2 N–H and O–H groups in total. The zero-order valence-corrected chi connectivity index (χ0v) is 19.0. The number of ether oxygens (including phenoxy) is 3. The van der Waals surface area contributed by atoms with Crippen molar-refractivity contribution in [1.29, 1.82) is 0 Å². The third-order valence-corrected chi connectivity index (χ3v) is 4.15. The molecule has 172 valence electrons. The van der Waals surface area contributed by atoms with E-state index in [1.807, 2.05) is 13.8 Å². The molecule has 0 saturated carbocycles. The fraction of sp³-hybridized carbons (Fsp3) is 0.900. The number of nitrogens with one attached hydrogen (secondary N) is 2. The van der Waals surface area contributed by atoms with Gasteiger partial charge in [-0.15, -0.1) is 0 Å². The summed E-state index contributed by atoms with van der Waals surface area (Å²) >= 11 is 3.53. The first kappa shape index (κ1) is 28.1. The molecule has 0 rings (SSSR count). The normalized spacial score (nSPS) is 11.0. The van der Waals surface area contributed by atoms with Crippen LogP contribution in [0.5, 0.6) is 0 Å². The highest BCUT2D eigenvalue weighted by Gasteiger charge is 2.04. The van der Waals surface area contributed by atoms with Gasteiger partial charge in [0.1, 0.15) is 6.61 Å². The van der Waals surface area contributed by atoms with Gasteiger partial charge in [0, 0.05) is 32.2 Å². The highest BCUT2D eigenvalue weighted by Crippen LogP contribution is 1.97. The Morgan fingerprint density at radius 2 is 1.21 bits per heavy atom. The molecule has 8 nitrogen and oxygen atoms in total. The molecule has 9 heteroatoms. The van der Waals surface area contributed by atoms with Gasteiger partial charge in [-0.25, -0.2) is 0 Å². The number of hydrogen-bond acceptors (Lipinski definition) is 7. The van der Waals surface area contributed by atoms with Gasteiger partial charge in [0.15, 0.2) is 0 Å². The third kappa shape index (κ3) is 21.7. The van der Waals surface area contributed by atoms with Crippen LogP contribution in [0.4, 0.5) is 0 Å². The Bertz CT molecular complexity index is 399. The van der Waals surface area contributed by atoms with Crippen LogP contribution >= 0.6 is 12.9 Å². The predicted octanol–water partition coefficient (Wildman–Crippen LogP) is 2.13. The maximum Gasteiger partial charge on any atom is 0.247 e. The lowest BCUT2D eigenvalue weighted by atomic mass is 10.2. The van der Waals surface area contributed by atoms with E-state index < -0.39 is 0 Å². The SMILES string of the molecule is CC(C)C(=O)NCCCCCOCCOCCOCCCCCNC(=O)COS. The Balaban J connectivity index is 3.10. The summed E-state index contributed by atoms with van der Waals surface area (Å²) in [7, 11) is 0. The lowest BCUT2D eigenvalue weighted by Crippen LogP contribution is -2.28. The lowest BCUT2D eigenvalue weighted by molar-refractivity contribution is -0.124. The second-order valence-electron chi connectivity index (χ2n) is 7.03. The van der Waals surface area contributed by atoms with Gasteiger partial charge in [-0.05, 0) is 51.4 Å². The van der Waals surface area contributed by atoms with Crippen LogP contribution in [0.25, 0.3) is 0 Å². The van der Waals surface area contributed by atoms with Crippen molar-refractivity contribution in [3.8, 4) is 0 Å². The highest BCUT2D eigenvalue weighted by molar-refractivity contribution is 7.75. The number of thiol groups is 1. The number of amides is 2. The molecule has 0 aromatic heterocycles. The number of rotatable bonds is 21. The summed E-state index contributed by atoms with van der Waals surface area (Å²) in [5.74, 6) is 0.0156. The van der Waals surface area contributed by atoms with Crippen molar-refractivity contribution in [2.24, 2.45) is 5.92 Å². The monoisotopic (exact) mass is 436 g/mol. The molecule has 0 radical (unpaired) electrons. The van der Waals surface area contributed by atoms with Gasteiger partial charge in [-0.3, -0.25) is 9.59 Å². The first-order valence-electron chi connectivity index (χ1n) is 10.6. The lowest BCUT2D eigenvalue weighted by Gasteiger charge is -2.08. The molecule has 0 unspecified atom stereocenters. The Hall–Kier alpha value is -0.870. The quantitative estimate of drug-likeness (QED) is 0.145. The third-order valence-electron chi connectivity index (χ3n) is 4.02. The zero-order valence-electron chi connectivity index (χ0n) is 18.1. The average molecular weight is 437 g/mol. The van der Waals surface area contributed by atoms with Gasteiger partial charge in [0.2, 0.25) is 11.8 Å². The van der Waals surface area contributed by atoms with E-state index in [0.29, 0.717) is 39.6 Å². The van der Waals surface area contributed by atoms with Gasteiger partial charge in [-0.2, -0.15) is 0 Å². The van der Waals surface area contributed by atoms with E-state index in [2.05, 4.69) is 27.7 Å². The minimum Gasteiger partial charge on any atom is -0.379 e. The largest absolute Gasteiger partial charge is 0.379 e. The van der Waals surface area contributed by atoms with E-state index in [-0.39, 0.29) is 24.3 Å². The molecule has 0 fully saturated rings. The van der Waals surface area contributed by atoms with Gasteiger partial charge in [-0.1, -0.05) is 13.8 Å². The summed E-state index contributed by atoms with van der Waals surface area (Å²) < 4.78 is 20.9. The smallest absolute Gasteiger partial charge is 0.247 e. The van der Waals surface area contributed by atoms with Crippen molar-refractivity contribution >= 4 is 24.7 Å². The molecule has 0 heterocycles. The molecular weight excluding hydrogens is 396 g/mol. The van der Waals surface area contributed by atoms with E-state index in [1.165, 1.54) is 0 Å². The van der Waals surface area contributed by atoms with Gasteiger partial charge in [0.25, 0.3) is 0 Å². The van der Waals surface area contributed by atoms with Crippen molar-refractivity contribution < 1.29 is 28.0 Å². The minimum absolute atomic E-state index is 0.0171. The van der Waals surface area contributed by atoms with Crippen molar-refractivity contribution in [2.45, 2.75) is 52.4 Å². The van der Waals surface area contributed by atoms with Gasteiger partial charge < -0.3 is 29.0 Å². The summed E-state index contributed by atoms with van der Waals surface area (Å²) in [5.41, 5.74) is 0. The van der Waals surface area contributed by atoms with Crippen LogP contribution < -0.4 is 10.6 Å². The molecule has 0 saturated heterocycles. The van der Waals surface area contributed by atoms with E-state index in [1.54, 1.807) is 0 Å². The number of carbonyl (C=O) groups excluding carboxylic acids is 2. The number of unbranched alkanes of at least 4 members (excludes halogenated alkanes) is 4. The molecule has 2 amide bonds. The minimum atomic E-state index is -0.149. The van der Waals surface area contributed by atoms with Crippen molar-refractivity contribution in [3.63, 3.8) is 0 Å². The second kappa shape index (κ2) is 21.8. The van der Waals surface area contributed by atoms with Crippen LogP contribution in [0.15, 0.2) is 0 Å². The van der Waals surface area contributed by atoms with E-state index >= 15 is 0 Å². The fourth-order valence-corrected chi connectivity index (χ4v) is 2.42. The topological polar surface area (TPSA) is 95.1 Å². The molecule has 0 aliphatic heterocycles. The second-order valence-corrected chi connectivity index (χ2v) is 7.29. The molecule has 0 spiro atoms. The van der Waals surface area contributed by atoms with Crippen LogP contribution in [-0.2, 0) is 28.0 Å². The Morgan fingerprint density at radius 3 is 1.69 bits per heavy atom. The summed E-state index contributed by atoms with van der Waals surface area (Å²) in [5, 5.41) is 5.65. The van der Waals surface area contributed by atoms with Crippen molar-refractivity contribution in [1.82, 2.24) is 10.6 Å². The maximum atomic E-state index is 11.4. The zero-order chi connectivity index (χ0) is 21.6. The predicted molar refractivity (Wildman–Crippen MR) is 116 cm³/mol. The molecule has 29 heavy (non-hydrogen) atoms. The fourth-order valence-electron chi connectivity index (χ4n) is 2.31. The van der Waals surface area contributed by atoms with Crippen LogP contribution in [-0.4, -0.2) is 71.2 Å². The first-order chi connectivity index (χ1) is 14.1. The Labute approximate surface area is 181 Å². The van der Waals surface area contributed by atoms with Crippen LogP contribution in [0, 0.1) is 5.92 Å². The molecule has 0 aliphatic rings. The van der Waals surface area contributed by atoms with Crippen LogP contribution in [0.2, 0.25) is 0 Å². The molecule has 0 aromatic carbocycles. The molecule has 0 atom stereocenters. The Morgan fingerprint density at radius 1 is 0.724 bits per heavy atom. The van der Waals surface area contributed by atoms with E-state index in [4.69, 9.17) is 14.2 Å². The van der Waals surface area contributed by atoms with Crippen molar-refractivity contribution in [2.75, 3.05) is 59.3 Å². The highest BCUT2D eigenvalue weighted by atomic mass is 32.1. The Kier molecular flexibility index (Phi) is 21.2. The summed E-state index contributed by atoms with van der Waals surface area (Å²) in [6.07, 6.45) is 5.90. The summed E-state index contributed by atoms with van der Waals surface area (Å²) in [4.78, 5) is 22.5. The molecule has 0 bridgehead atoms. The van der Waals surface area contributed by atoms with E-state index in [0.717, 1.165) is 51.7 Å². The molecular formula is C20H40N2O6S.